The molecule has 17 heavy (non-hydrogen) atoms. The van der Waals surface area contributed by atoms with E-state index in [2.05, 4.69) is 15.0 Å². The maximum atomic E-state index is 6.04. The van der Waals surface area contributed by atoms with E-state index in [0.29, 0.717) is 5.82 Å². The van der Waals surface area contributed by atoms with Gasteiger partial charge in [-0.25, -0.2) is 15.0 Å². The molecule has 1 unspecified atom stereocenters. The second-order valence-corrected chi connectivity index (χ2v) is 4.46. The molecule has 0 saturated heterocycles. The van der Waals surface area contributed by atoms with Gasteiger partial charge >= 0.3 is 0 Å². The maximum absolute atomic E-state index is 6.04. The Labute approximate surface area is 99.7 Å². The SMILES string of the molecule is Cn1ccnc1-c1ncc2c(n1)CCCC2N. The molecule has 88 valence electrons. The number of nitrogens with zero attached hydrogens (tertiary/aromatic N) is 4. The molecule has 2 aromatic heterocycles. The van der Waals surface area contributed by atoms with E-state index in [1.54, 1.807) is 6.20 Å². The largest absolute Gasteiger partial charge is 0.331 e. The molecule has 2 aromatic rings. The van der Waals surface area contributed by atoms with Gasteiger partial charge in [0.05, 0.1) is 0 Å². The van der Waals surface area contributed by atoms with Crippen molar-refractivity contribution in [3.8, 4) is 11.6 Å². The van der Waals surface area contributed by atoms with E-state index in [9.17, 15) is 0 Å². The van der Waals surface area contributed by atoms with Gasteiger partial charge in [-0.05, 0) is 19.3 Å². The smallest absolute Gasteiger partial charge is 0.196 e. The van der Waals surface area contributed by atoms with Gasteiger partial charge < -0.3 is 10.3 Å². The number of nitrogens with two attached hydrogens (primary N) is 1. The maximum Gasteiger partial charge on any atom is 0.196 e. The highest BCUT2D eigenvalue weighted by molar-refractivity contribution is 5.45. The van der Waals surface area contributed by atoms with Crippen LogP contribution in [0.1, 0.15) is 30.1 Å². The Morgan fingerprint density at radius 2 is 2.29 bits per heavy atom. The summed E-state index contributed by atoms with van der Waals surface area (Å²) in [6, 6.07) is 0.0918. The van der Waals surface area contributed by atoms with Gasteiger partial charge in [-0.15, -0.1) is 0 Å². The van der Waals surface area contributed by atoms with Crippen molar-refractivity contribution in [3.05, 3.63) is 29.8 Å². The molecule has 0 spiro atoms. The molecular formula is C12H15N5. The number of imidazole rings is 1. The Balaban J connectivity index is 2.07. The van der Waals surface area contributed by atoms with Crippen molar-refractivity contribution in [2.45, 2.75) is 25.3 Å². The van der Waals surface area contributed by atoms with E-state index in [4.69, 9.17) is 5.73 Å². The molecule has 5 nitrogen and oxygen atoms in total. The predicted molar refractivity (Wildman–Crippen MR) is 64.1 cm³/mol. The summed E-state index contributed by atoms with van der Waals surface area (Å²) in [6.45, 7) is 0. The van der Waals surface area contributed by atoms with Gasteiger partial charge in [-0.3, -0.25) is 0 Å². The Morgan fingerprint density at radius 3 is 3.06 bits per heavy atom. The van der Waals surface area contributed by atoms with Crippen LogP contribution in [0, 0.1) is 0 Å². The third-order valence-corrected chi connectivity index (χ3v) is 3.25. The van der Waals surface area contributed by atoms with Crippen LogP contribution in [0.15, 0.2) is 18.6 Å². The van der Waals surface area contributed by atoms with Crippen molar-refractivity contribution in [3.63, 3.8) is 0 Å². The van der Waals surface area contributed by atoms with Gasteiger partial charge in [0.15, 0.2) is 11.6 Å². The summed E-state index contributed by atoms with van der Waals surface area (Å²) < 4.78 is 1.92. The summed E-state index contributed by atoms with van der Waals surface area (Å²) in [7, 11) is 1.94. The van der Waals surface area contributed by atoms with Crippen LogP contribution in [0.3, 0.4) is 0 Å². The van der Waals surface area contributed by atoms with Crippen molar-refractivity contribution >= 4 is 0 Å². The minimum atomic E-state index is 0.0918. The monoisotopic (exact) mass is 229 g/mol. The van der Waals surface area contributed by atoms with E-state index < -0.39 is 0 Å². The average Bonchev–Trinajstić information content (AvgIpc) is 2.75. The molecule has 0 radical (unpaired) electrons. The molecule has 2 heterocycles. The zero-order valence-electron chi connectivity index (χ0n) is 9.80. The van der Waals surface area contributed by atoms with Crippen molar-refractivity contribution in [1.82, 2.24) is 19.5 Å². The number of hydrogen-bond acceptors (Lipinski definition) is 4. The lowest BCUT2D eigenvalue weighted by molar-refractivity contribution is 0.557. The van der Waals surface area contributed by atoms with Gasteiger partial charge in [0.1, 0.15) is 0 Å². The fourth-order valence-corrected chi connectivity index (χ4v) is 2.27. The summed E-state index contributed by atoms with van der Waals surface area (Å²) in [6.07, 6.45) is 8.62. The van der Waals surface area contributed by atoms with Crippen molar-refractivity contribution < 1.29 is 0 Å². The molecule has 0 saturated carbocycles. The molecule has 1 atom stereocenters. The van der Waals surface area contributed by atoms with Gasteiger partial charge in [-0.1, -0.05) is 0 Å². The minimum Gasteiger partial charge on any atom is -0.331 e. The van der Waals surface area contributed by atoms with Gasteiger partial charge in [0.25, 0.3) is 0 Å². The molecule has 1 aliphatic rings. The second-order valence-electron chi connectivity index (χ2n) is 4.46. The highest BCUT2D eigenvalue weighted by Gasteiger charge is 2.20. The first-order valence-corrected chi connectivity index (χ1v) is 5.85. The van der Waals surface area contributed by atoms with Crippen LogP contribution in [-0.2, 0) is 13.5 Å². The van der Waals surface area contributed by atoms with E-state index >= 15 is 0 Å². The van der Waals surface area contributed by atoms with Gasteiger partial charge in [-0.2, -0.15) is 0 Å². The highest BCUT2D eigenvalue weighted by atomic mass is 15.1. The molecule has 3 rings (SSSR count). The van der Waals surface area contributed by atoms with Gasteiger partial charge in [0, 0.05) is 42.9 Å². The van der Waals surface area contributed by atoms with Crippen LogP contribution < -0.4 is 5.73 Å². The topological polar surface area (TPSA) is 69.6 Å². The molecule has 0 aromatic carbocycles. The zero-order valence-corrected chi connectivity index (χ0v) is 9.80. The van der Waals surface area contributed by atoms with Crippen LogP contribution in [0.25, 0.3) is 11.6 Å². The second kappa shape index (κ2) is 3.92. The molecule has 0 fully saturated rings. The Morgan fingerprint density at radius 1 is 1.41 bits per heavy atom. The van der Waals surface area contributed by atoms with Crippen molar-refractivity contribution in [2.24, 2.45) is 12.8 Å². The number of aromatic nitrogens is 4. The number of hydrogen-bond donors (Lipinski definition) is 1. The Kier molecular flexibility index (Phi) is 2.40. The fraction of sp³-hybridized carbons (Fsp3) is 0.417. The van der Waals surface area contributed by atoms with E-state index in [-0.39, 0.29) is 6.04 Å². The zero-order chi connectivity index (χ0) is 11.8. The molecule has 2 N–H and O–H groups in total. The summed E-state index contributed by atoms with van der Waals surface area (Å²) in [5, 5.41) is 0. The minimum absolute atomic E-state index is 0.0918. The summed E-state index contributed by atoms with van der Waals surface area (Å²) in [5.41, 5.74) is 8.22. The summed E-state index contributed by atoms with van der Waals surface area (Å²) in [5.74, 6) is 1.48. The first kappa shape index (κ1) is 10.4. The van der Waals surface area contributed by atoms with Crippen LogP contribution in [-0.4, -0.2) is 19.5 Å². The van der Waals surface area contributed by atoms with Crippen LogP contribution in [0.2, 0.25) is 0 Å². The number of rotatable bonds is 1. The first-order chi connectivity index (χ1) is 8.25. The summed E-state index contributed by atoms with van der Waals surface area (Å²) in [4.78, 5) is 13.2. The van der Waals surface area contributed by atoms with E-state index in [1.807, 2.05) is 24.0 Å². The van der Waals surface area contributed by atoms with Crippen LogP contribution >= 0.6 is 0 Å². The lowest BCUT2D eigenvalue weighted by Crippen LogP contribution is -2.19. The fourth-order valence-electron chi connectivity index (χ4n) is 2.27. The Bertz CT molecular complexity index is 546. The molecular weight excluding hydrogens is 214 g/mol. The van der Waals surface area contributed by atoms with Crippen LogP contribution in [0.4, 0.5) is 0 Å². The third-order valence-electron chi connectivity index (χ3n) is 3.25. The number of aryl methyl sites for hydroxylation is 2. The highest BCUT2D eigenvalue weighted by Crippen LogP contribution is 2.27. The standard InChI is InChI=1S/C12H15N5/c1-17-6-5-14-12(17)11-15-7-8-9(13)3-2-4-10(8)16-11/h5-7,9H,2-4,13H2,1H3. The Hall–Kier alpha value is -1.75. The average molecular weight is 229 g/mol. The lowest BCUT2D eigenvalue weighted by Gasteiger charge is -2.20. The van der Waals surface area contributed by atoms with Crippen molar-refractivity contribution in [1.29, 1.82) is 0 Å². The number of fused-ring (bicyclic) bond motifs is 1. The third kappa shape index (κ3) is 1.72. The lowest BCUT2D eigenvalue weighted by atomic mass is 9.93. The van der Waals surface area contributed by atoms with E-state index in [1.165, 1.54) is 0 Å². The van der Waals surface area contributed by atoms with Gasteiger partial charge in [0.2, 0.25) is 0 Å². The molecule has 0 aliphatic heterocycles. The van der Waals surface area contributed by atoms with Crippen molar-refractivity contribution in [2.75, 3.05) is 0 Å². The molecule has 5 heteroatoms. The van der Waals surface area contributed by atoms with E-state index in [0.717, 1.165) is 36.3 Å². The first-order valence-electron chi connectivity index (χ1n) is 5.85. The van der Waals surface area contributed by atoms with Crippen LogP contribution in [0.5, 0.6) is 0 Å². The summed E-state index contributed by atoms with van der Waals surface area (Å²) >= 11 is 0. The normalized spacial score (nSPS) is 19.1. The molecule has 0 amide bonds. The molecule has 0 bridgehead atoms. The predicted octanol–water partition coefficient (Wildman–Crippen LogP) is 1.21. The quantitative estimate of drug-likeness (QED) is 0.798. The molecule has 1 aliphatic carbocycles.